The van der Waals surface area contributed by atoms with Crippen LogP contribution in [0.15, 0.2) is 24.3 Å². The van der Waals surface area contributed by atoms with Gasteiger partial charge in [-0.25, -0.2) is 14.0 Å². The van der Waals surface area contributed by atoms with E-state index in [9.17, 15) is 14.0 Å². The Bertz CT molecular complexity index is 493. The second-order valence-electron chi connectivity index (χ2n) is 4.66. The van der Waals surface area contributed by atoms with Crippen LogP contribution in [0.1, 0.15) is 20.3 Å². The molecular formula is C14H19FN2O3. The molecule has 0 aliphatic carbocycles. The number of carboxylic acids is 1. The third-order valence-electron chi connectivity index (χ3n) is 3.28. The molecule has 2 atom stereocenters. The van der Waals surface area contributed by atoms with Gasteiger partial charge >= 0.3 is 12.0 Å². The number of carboxylic acid groups (broad SMARTS) is 1. The molecule has 0 heterocycles. The van der Waals surface area contributed by atoms with Gasteiger partial charge in [0.25, 0.3) is 0 Å². The average Bonchev–Trinajstić information content (AvgIpc) is 2.43. The zero-order valence-electron chi connectivity index (χ0n) is 11.8. The van der Waals surface area contributed by atoms with Gasteiger partial charge in [-0.2, -0.15) is 0 Å². The second-order valence-corrected chi connectivity index (χ2v) is 4.66. The van der Waals surface area contributed by atoms with E-state index < -0.39 is 23.9 Å². The van der Waals surface area contributed by atoms with Crippen LogP contribution in [0, 0.1) is 11.7 Å². The zero-order valence-corrected chi connectivity index (χ0v) is 11.8. The standard InChI is InChI=1S/C14H19FN2O3/c1-4-9(2)12(13(18)19)16-14(20)17(3)11-8-6-5-7-10(11)15/h5-9,12H,4H2,1-3H3,(H,16,20)(H,18,19)/t9?,12-/m0/s1. The van der Waals surface area contributed by atoms with Crippen molar-refractivity contribution < 1.29 is 19.1 Å². The molecule has 0 spiro atoms. The van der Waals surface area contributed by atoms with E-state index in [2.05, 4.69) is 5.32 Å². The van der Waals surface area contributed by atoms with Crippen molar-refractivity contribution in [1.82, 2.24) is 5.32 Å². The van der Waals surface area contributed by atoms with Gasteiger partial charge in [-0.1, -0.05) is 32.4 Å². The summed E-state index contributed by atoms with van der Waals surface area (Å²) in [6, 6.07) is 4.16. The van der Waals surface area contributed by atoms with Crippen molar-refractivity contribution in [1.29, 1.82) is 0 Å². The maximum absolute atomic E-state index is 13.6. The Labute approximate surface area is 117 Å². The minimum absolute atomic E-state index is 0.0956. The van der Waals surface area contributed by atoms with E-state index in [1.807, 2.05) is 6.92 Å². The Hall–Kier alpha value is -2.11. The van der Waals surface area contributed by atoms with Crippen molar-refractivity contribution in [2.75, 3.05) is 11.9 Å². The molecule has 20 heavy (non-hydrogen) atoms. The largest absolute Gasteiger partial charge is 0.480 e. The summed E-state index contributed by atoms with van der Waals surface area (Å²) >= 11 is 0. The minimum Gasteiger partial charge on any atom is -0.480 e. The molecule has 0 aliphatic heterocycles. The molecule has 1 rings (SSSR count). The van der Waals surface area contributed by atoms with Crippen LogP contribution in [0.5, 0.6) is 0 Å². The fraction of sp³-hybridized carbons (Fsp3) is 0.429. The molecular weight excluding hydrogens is 263 g/mol. The number of carbonyl (C=O) groups is 2. The van der Waals surface area contributed by atoms with Crippen LogP contribution in [0.25, 0.3) is 0 Å². The third kappa shape index (κ3) is 3.69. The maximum atomic E-state index is 13.6. The summed E-state index contributed by atoms with van der Waals surface area (Å²) in [4.78, 5) is 24.2. The Kier molecular flexibility index (Phi) is 5.49. The summed E-state index contributed by atoms with van der Waals surface area (Å²) in [5.41, 5.74) is 0.0956. The molecule has 110 valence electrons. The first-order valence-electron chi connectivity index (χ1n) is 6.40. The fourth-order valence-electron chi connectivity index (χ4n) is 1.75. The number of hydrogen-bond acceptors (Lipinski definition) is 2. The highest BCUT2D eigenvalue weighted by Crippen LogP contribution is 2.17. The molecule has 0 aliphatic rings. The molecule has 0 fully saturated rings. The molecule has 1 unspecified atom stereocenters. The van der Waals surface area contributed by atoms with Crippen molar-refractivity contribution in [3.8, 4) is 0 Å². The quantitative estimate of drug-likeness (QED) is 0.871. The first-order valence-corrected chi connectivity index (χ1v) is 6.40. The SMILES string of the molecule is CCC(C)[C@H](NC(=O)N(C)c1ccccc1F)C(=O)O. The van der Waals surface area contributed by atoms with Crippen LogP contribution in [-0.4, -0.2) is 30.2 Å². The van der Waals surface area contributed by atoms with Crippen LogP contribution in [0.4, 0.5) is 14.9 Å². The van der Waals surface area contributed by atoms with Crippen molar-refractivity contribution in [3.63, 3.8) is 0 Å². The summed E-state index contributed by atoms with van der Waals surface area (Å²) < 4.78 is 13.6. The van der Waals surface area contributed by atoms with E-state index in [4.69, 9.17) is 5.11 Å². The van der Waals surface area contributed by atoms with Gasteiger partial charge < -0.3 is 10.4 Å². The highest BCUT2D eigenvalue weighted by atomic mass is 19.1. The Morgan fingerprint density at radius 3 is 2.50 bits per heavy atom. The molecule has 0 saturated carbocycles. The molecule has 6 heteroatoms. The van der Waals surface area contributed by atoms with E-state index in [1.54, 1.807) is 13.0 Å². The van der Waals surface area contributed by atoms with Gasteiger partial charge in [0.05, 0.1) is 5.69 Å². The lowest BCUT2D eigenvalue weighted by Gasteiger charge is -2.24. The molecule has 2 amide bonds. The lowest BCUT2D eigenvalue weighted by molar-refractivity contribution is -0.140. The molecule has 1 aromatic rings. The predicted molar refractivity (Wildman–Crippen MR) is 74.2 cm³/mol. The molecule has 2 N–H and O–H groups in total. The summed E-state index contributed by atoms with van der Waals surface area (Å²) in [6.45, 7) is 3.58. The molecule has 1 aromatic carbocycles. The van der Waals surface area contributed by atoms with Gasteiger partial charge in [-0.05, 0) is 18.1 Å². The first kappa shape index (κ1) is 15.9. The zero-order chi connectivity index (χ0) is 15.3. The highest BCUT2D eigenvalue weighted by Gasteiger charge is 2.27. The normalized spacial score (nSPS) is 13.4. The lowest BCUT2D eigenvalue weighted by Crippen LogP contribution is -2.49. The van der Waals surface area contributed by atoms with Crippen LogP contribution >= 0.6 is 0 Å². The molecule has 5 nitrogen and oxygen atoms in total. The number of halogens is 1. The van der Waals surface area contributed by atoms with Gasteiger partial charge in [0.1, 0.15) is 11.9 Å². The summed E-state index contributed by atoms with van der Waals surface area (Å²) in [5.74, 6) is -1.86. The van der Waals surface area contributed by atoms with E-state index in [0.29, 0.717) is 6.42 Å². The number of rotatable bonds is 5. The average molecular weight is 282 g/mol. The number of hydrogen-bond donors (Lipinski definition) is 2. The number of benzene rings is 1. The van der Waals surface area contributed by atoms with Gasteiger partial charge in [0, 0.05) is 7.05 Å². The number of nitrogens with one attached hydrogen (secondary N) is 1. The minimum atomic E-state index is -1.10. The fourth-order valence-corrected chi connectivity index (χ4v) is 1.75. The summed E-state index contributed by atoms with van der Waals surface area (Å²) in [7, 11) is 1.39. The monoisotopic (exact) mass is 282 g/mol. The van der Waals surface area contributed by atoms with Gasteiger partial charge in [0.15, 0.2) is 0 Å². The number of amides is 2. The second kappa shape index (κ2) is 6.88. The van der Waals surface area contributed by atoms with Crippen LogP contribution < -0.4 is 10.2 Å². The molecule has 0 aromatic heterocycles. The van der Waals surface area contributed by atoms with Crippen molar-refractivity contribution in [2.24, 2.45) is 5.92 Å². The first-order chi connectivity index (χ1) is 9.38. The van der Waals surface area contributed by atoms with E-state index in [1.165, 1.54) is 25.2 Å². The smallest absolute Gasteiger partial charge is 0.326 e. The Balaban J connectivity index is 2.84. The van der Waals surface area contributed by atoms with E-state index in [-0.39, 0.29) is 11.6 Å². The van der Waals surface area contributed by atoms with Crippen LogP contribution in [-0.2, 0) is 4.79 Å². The van der Waals surface area contributed by atoms with Gasteiger partial charge in [-0.3, -0.25) is 4.90 Å². The summed E-state index contributed by atoms with van der Waals surface area (Å²) in [5, 5.41) is 11.5. The van der Waals surface area contributed by atoms with Crippen LogP contribution in [0.3, 0.4) is 0 Å². The highest BCUT2D eigenvalue weighted by molar-refractivity contribution is 5.94. The number of urea groups is 1. The number of carbonyl (C=O) groups excluding carboxylic acids is 1. The summed E-state index contributed by atoms with van der Waals surface area (Å²) in [6.07, 6.45) is 0.612. The van der Waals surface area contributed by atoms with E-state index >= 15 is 0 Å². The number of para-hydroxylation sites is 1. The van der Waals surface area contributed by atoms with Crippen molar-refractivity contribution in [2.45, 2.75) is 26.3 Å². The number of nitrogens with zero attached hydrogens (tertiary/aromatic N) is 1. The molecule has 0 bridgehead atoms. The molecule has 0 saturated heterocycles. The third-order valence-corrected chi connectivity index (χ3v) is 3.28. The van der Waals surface area contributed by atoms with Crippen molar-refractivity contribution >= 4 is 17.7 Å². The molecule has 0 radical (unpaired) electrons. The number of aliphatic carboxylic acids is 1. The van der Waals surface area contributed by atoms with E-state index in [0.717, 1.165) is 4.90 Å². The maximum Gasteiger partial charge on any atom is 0.326 e. The topological polar surface area (TPSA) is 69.6 Å². The Morgan fingerprint density at radius 2 is 2.00 bits per heavy atom. The Morgan fingerprint density at radius 1 is 1.40 bits per heavy atom. The number of anilines is 1. The van der Waals surface area contributed by atoms with Gasteiger partial charge in [-0.15, -0.1) is 0 Å². The predicted octanol–water partition coefficient (Wildman–Crippen LogP) is 2.47. The lowest BCUT2D eigenvalue weighted by atomic mass is 9.99. The van der Waals surface area contributed by atoms with Gasteiger partial charge in [0.2, 0.25) is 0 Å². The van der Waals surface area contributed by atoms with Crippen LogP contribution in [0.2, 0.25) is 0 Å². The van der Waals surface area contributed by atoms with Crippen molar-refractivity contribution in [3.05, 3.63) is 30.1 Å².